The zero-order valence-electron chi connectivity index (χ0n) is 30.8. The summed E-state index contributed by atoms with van der Waals surface area (Å²) in [5, 5.41) is 8.29. The number of benzene rings is 3. The third-order valence-corrected chi connectivity index (χ3v) is 8.52. The highest BCUT2D eigenvalue weighted by Gasteiger charge is 2.33. The van der Waals surface area contributed by atoms with Crippen LogP contribution in [0.4, 0.5) is 26.7 Å². The number of alkyl carbamates (subject to hydrolysis) is 1. The summed E-state index contributed by atoms with van der Waals surface area (Å²) < 4.78 is 101. The number of nitrogens with one attached hydrogen (secondary N) is 2. The summed E-state index contributed by atoms with van der Waals surface area (Å²) in [6.07, 6.45) is -0.852. The number of rotatable bonds is 25. The molecular weight excluding hydrogens is 765 g/mol. The van der Waals surface area contributed by atoms with Crippen molar-refractivity contribution in [3.05, 3.63) is 99.2 Å². The highest BCUT2D eigenvalue weighted by Crippen LogP contribution is 2.44. The van der Waals surface area contributed by atoms with Gasteiger partial charge >= 0.3 is 12.1 Å². The molecule has 1 atom stereocenters. The van der Waals surface area contributed by atoms with Crippen molar-refractivity contribution in [1.82, 2.24) is 10.6 Å². The predicted octanol–water partition coefficient (Wildman–Crippen LogP) is 6.25. The van der Waals surface area contributed by atoms with Crippen LogP contribution in [0.3, 0.4) is 0 Å². The normalized spacial score (nSPS) is 12.3. The molecular formula is C38H42F5N5O9. The first-order valence-corrected chi connectivity index (χ1v) is 18.1. The summed E-state index contributed by atoms with van der Waals surface area (Å²) in [6.45, 7) is 2.62. The molecule has 2 amide bonds. The van der Waals surface area contributed by atoms with Crippen LogP contribution in [0.1, 0.15) is 42.7 Å². The van der Waals surface area contributed by atoms with Crippen LogP contribution in [0.5, 0.6) is 5.75 Å². The van der Waals surface area contributed by atoms with Gasteiger partial charge in [0.1, 0.15) is 12.6 Å². The number of fused-ring (bicyclic) bond motifs is 3. The molecule has 1 aliphatic rings. The first-order valence-electron chi connectivity index (χ1n) is 18.1. The number of nitrogens with zero attached hydrogens (tertiary/aromatic N) is 3. The van der Waals surface area contributed by atoms with E-state index < -0.39 is 52.9 Å². The molecule has 0 fully saturated rings. The van der Waals surface area contributed by atoms with Crippen molar-refractivity contribution in [2.45, 2.75) is 37.6 Å². The highest BCUT2D eigenvalue weighted by molar-refractivity contribution is 5.83. The summed E-state index contributed by atoms with van der Waals surface area (Å²) >= 11 is 0. The Morgan fingerprint density at radius 3 is 1.82 bits per heavy atom. The zero-order chi connectivity index (χ0) is 41.0. The second-order valence-corrected chi connectivity index (χ2v) is 12.3. The Hall–Kier alpha value is -5.33. The molecule has 0 aromatic heterocycles. The first-order chi connectivity index (χ1) is 27.6. The second kappa shape index (κ2) is 23.7. The standard InChI is InChI=1S/C38H42F5N5O9/c39-31-32(40)34(42)36(35(43)33(31)41)57-37(50)29(47-38(51)56-23-28-26-9-3-1-7-24(26)25-8-2-4-10-27(25)28)11-5-6-13-45-30(49)12-15-52-17-19-54-21-22-55-20-18-53-16-14-46-48-44/h1-4,7-10,28-29H,5-6,11-23H2,(H,45,49)(H,47,51)/t29-/m0/s1. The molecule has 0 bridgehead atoms. The molecule has 19 heteroatoms. The molecule has 0 aliphatic heterocycles. The van der Waals surface area contributed by atoms with Crippen molar-refractivity contribution < 1.29 is 64.8 Å². The van der Waals surface area contributed by atoms with E-state index in [4.69, 9.17) is 29.2 Å². The van der Waals surface area contributed by atoms with Gasteiger partial charge in [0, 0.05) is 30.3 Å². The summed E-state index contributed by atoms with van der Waals surface area (Å²) in [4.78, 5) is 40.9. The molecule has 3 aromatic rings. The van der Waals surface area contributed by atoms with Gasteiger partial charge in [0.2, 0.25) is 40.7 Å². The van der Waals surface area contributed by atoms with Gasteiger partial charge in [-0.1, -0.05) is 53.6 Å². The number of hydrogen-bond acceptors (Lipinski definition) is 10. The van der Waals surface area contributed by atoms with Gasteiger partial charge in [-0.05, 0) is 47.0 Å². The third kappa shape index (κ3) is 13.4. The predicted molar refractivity (Wildman–Crippen MR) is 193 cm³/mol. The van der Waals surface area contributed by atoms with Crippen molar-refractivity contribution in [3.8, 4) is 16.9 Å². The molecule has 3 aromatic carbocycles. The Bertz CT molecular complexity index is 1790. The minimum Gasteiger partial charge on any atom is -0.449 e. The number of unbranched alkanes of at least 4 members (excludes halogenated alkanes) is 1. The molecule has 1 aliphatic carbocycles. The van der Waals surface area contributed by atoms with E-state index in [1.807, 2.05) is 48.5 Å². The maximum Gasteiger partial charge on any atom is 0.407 e. The van der Waals surface area contributed by atoms with Crippen molar-refractivity contribution in [3.63, 3.8) is 0 Å². The average molecular weight is 808 g/mol. The molecule has 14 nitrogen and oxygen atoms in total. The summed E-state index contributed by atoms with van der Waals surface area (Å²) in [5.74, 6) is -15.8. The minimum absolute atomic E-state index is 0.0446. The number of carbonyl (C=O) groups is 3. The quantitative estimate of drug-likeness (QED) is 0.0115. The largest absolute Gasteiger partial charge is 0.449 e. The van der Waals surface area contributed by atoms with E-state index in [9.17, 15) is 36.3 Å². The zero-order valence-corrected chi connectivity index (χ0v) is 30.8. The van der Waals surface area contributed by atoms with E-state index in [0.29, 0.717) is 33.0 Å². The Morgan fingerprint density at radius 1 is 0.719 bits per heavy atom. The lowest BCUT2D eigenvalue weighted by Gasteiger charge is -2.19. The maximum absolute atomic E-state index is 14.3. The van der Waals surface area contributed by atoms with Gasteiger partial charge in [0.25, 0.3) is 0 Å². The lowest BCUT2D eigenvalue weighted by molar-refractivity contribution is -0.137. The van der Waals surface area contributed by atoms with Crippen LogP contribution in [0.25, 0.3) is 21.6 Å². The second-order valence-electron chi connectivity index (χ2n) is 12.3. The first kappa shape index (κ1) is 44.4. The Morgan fingerprint density at radius 2 is 1.25 bits per heavy atom. The van der Waals surface area contributed by atoms with Crippen molar-refractivity contribution in [2.24, 2.45) is 5.11 Å². The Labute approximate surface area is 324 Å². The van der Waals surface area contributed by atoms with Gasteiger partial charge in [-0.2, -0.15) is 8.78 Å². The van der Waals surface area contributed by atoms with E-state index in [1.54, 1.807) is 0 Å². The number of esters is 1. The van der Waals surface area contributed by atoms with Crippen LogP contribution in [-0.4, -0.2) is 96.6 Å². The lowest BCUT2D eigenvalue weighted by Crippen LogP contribution is -2.44. The third-order valence-electron chi connectivity index (χ3n) is 8.52. The van der Waals surface area contributed by atoms with Gasteiger partial charge in [0.15, 0.2) is 0 Å². The van der Waals surface area contributed by atoms with Crippen LogP contribution in [0.2, 0.25) is 0 Å². The van der Waals surface area contributed by atoms with Crippen molar-refractivity contribution in [2.75, 3.05) is 72.6 Å². The number of azide groups is 1. The summed E-state index contributed by atoms with van der Waals surface area (Å²) in [6, 6.07) is 13.5. The topological polar surface area (TPSA) is 179 Å². The van der Waals surface area contributed by atoms with Crippen molar-refractivity contribution >= 4 is 18.0 Å². The molecule has 0 heterocycles. The molecule has 308 valence electrons. The van der Waals surface area contributed by atoms with E-state index in [1.165, 1.54) is 0 Å². The fourth-order valence-corrected chi connectivity index (χ4v) is 5.74. The highest BCUT2D eigenvalue weighted by atomic mass is 19.2. The molecule has 57 heavy (non-hydrogen) atoms. The van der Waals surface area contributed by atoms with Crippen LogP contribution in [-0.2, 0) is 33.3 Å². The lowest BCUT2D eigenvalue weighted by atomic mass is 9.98. The van der Waals surface area contributed by atoms with Crippen LogP contribution in [0, 0.1) is 29.1 Å². The fourth-order valence-electron chi connectivity index (χ4n) is 5.74. The molecule has 4 rings (SSSR count). The van der Waals surface area contributed by atoms with E-state index in [2.05, 4.69) is 25.4 Å². The number of carbonyl (C=O) groups excluding carboxylic acids is 3. The Balaban J connectivity index is 1.19. The number of halogens is 5. The molecule has 0 radical (unpaired) electrons. The molecule has 0 spiro atoms. The van der Waals surface area contributed by atoms with E-state index in [-0.39, 0.29) is 77.0 Å². The summed E-state index contributed by atoms with van der Waals surface area (Å²) in [5.41, 5.74) is 11.9. The van der Waals surface area contributed by atoms with Gasteiger partial charge in [0.05, 0.1) is 52.9 Å². The molecule has 0 unspecified atom stereocenters. The van der Waals surface area contributed by atoms with Crippen LogP contribution < -0.4 is 15.4 Å². The van der Waals surface area contributed by atoms with Gasteiger partial charge in [-0.25, -0.2) is 22.8 Å². The van der Waals surface area contributed by atoms with E-state index in [0.717, 1.165) is 22.3 Å². The van der Waals surface area contributed by atoms with Crippen molar-refractivity contribution in [1.29, 1.82) is 0 Å². The van der Waals surface area contributed by atoms with Gasteiger partial charge < -0.3 is 39.1 Å². The van der Waals surface area contributed by atoms with Crippen LogP contribution >= 0.6 is 0 Å². The average Bonchev–Trinajstić information content (AvgIpc) is 3.54. The monoisotopic (exact) mass is 807 g/mol. The number of ether oxygens (including phenoxy) is 6. The molecule has 0 saturated heterocycles. The molecule has 0 saturated carbocycles. The minimum atomic E-state index is -2.43. The van der Waals surface area contributed by atoms with Gasteiger partial charge in [-0.3, -0.25) is 4.79 Å². The summed E-state index contributed by atoms with van der Waals surface area (Å²) in [7, 11) is 0. The maximum atomic E-state index is 14.3. The van der Waals surface area contributed by atoms with E-state index >= 15 is 0 Å². The van der Waals surface area contributed by atoms with Gasteiger partial charge in [-0.15, -0.1) is 0 Å². The smallest absolute Gasteiger partial charge is 0.407 e. The number of amides is 2. The Kier molecular flexibility index (Phi) is 18.4. The fraction of sp³-hybridized carbons (Fsp3) is 0.447. The molecule has 2 N–H and O–H groups in total. The number of hydrogen-bond donors (Lipinski definition) is 2. The SMILES string of the molecule is [N-]=[N+]=NCCOCCOCCOCCOCCC(=O)NCCCC[C@H](NC(=O)OCC1c2ccccc2-c2ccccc21)C(=O)Oc1c(F)c(F)c(F)c(F)c1F. The van der Waals surface area contributed by atoms with Crippen LogP contribution in [0.15, 0.2) is 53.6 Å².